The Morgan fingerprint density at radius 1 is 1.00 bits per heavy atom. The zero-order chi connectivity index (χ0) is 12.4. The van der Waals surface area contributed by atoms with Gasteiger partial charge in [-0.25, -0.2) is 4.39 Å². The highest BCUT2D eigenvalue weighted by Gasteiger charge is 2.04. The number of benzene rings is 2. The second-order valence-corrected chi connectivity index (χ2v) is 4.17. The molecule has 2 rings (SSSR count). The zero-order valence-corrected chi connectivity index (χ0v) is 9.94. The van der Waals surface area contributed by atoms with Gasteiger partial charge < -0.3 is 10.6 Å². The van der Waals surface area contributed by atoms with Gasteiger partial charge in [0.05, 0.1) is 0 Å². The van der Waals surface area contributed by atoms with Crippen molar-refractivity contribution in [1.29, 1.82) is 0 Å². The molecule has 0 spiro atoms. The van der Waals surface area contributed by atoms with E-state index in [9.17, 15) is 4.39 Å². The Hall–Kier alpha value is -2.03. The van der Waals surface area contributed by atoms with Gasteiger partial charge in [-0.1, -0.05) is 12.1 Å². The molecule has 2 aromatic rings. The summed E-state index contributed by atoms with van der Waals surface area (Å²) in [7, 11) is 3.96. The summed E-state index contributed by atoms with van der Waals surface area (Å²) >= 11 is 0. The molecule has 0 atom stereocenters. The van der Waals surface area contributed by atoms with Crippen molar-refractivity contribution in [3.63, 3.8) is 0 Å². The van der Waals surface area contributed by atoms with E-state index in [1.54, 1.807) is 6.07 Å². The summed E-state index contributed by atoms with van der Waals surface area (Å²) in [6.45, 7) is 0. The normalized spacial score (nSPS) is 10.3. The maximum absolute atomic E-state index is 13.2. The van der Waals surface area contributed by atoms with Crippen LogP contribution in [0.4, 0.5) is 15.8 Å². The fourth-order valence-electron chi connectivity index (χ4n) is 1.72. The molecule has 2 N–H and O–H groups in total. The molecule has 0 saturated carbocycles. The number of rotatable bonds is 2. The Morgan fingerprint density at radius 3 is 2.24 bits per heavy atom. The van der Waals surface area contributed by atoms with Crippen LogP contribution in [0, 0.1) is 5.82 Å². The molecular formula is C14H15FN2. The van der Waals surface area contributed by atoms with Crippen molar-refractivity contribution < 1.29 is 4.39 Å². The minimum Gasteiger partial charge on any atom is -0.398 e. The topological polar surface area (TPSA) is 29.3 Å². The first-order valence-electron chi connectivity index (χ1n) is 5.41. The van der Waals surface area contributed by atoms with Crippen LogP contribution in [0.1, 0.15) is 0 Å². The summed E-state index contributed by atoms with van der Waals surface area (Å²) in [5.41, 5.74) is 9.19. The van der Waals surface area contributed by atoms with Crippen LogP contribution in [0.5, 0.6) is 0 Å². The van der Waals surface area contributed by atoms with Gasteiger partial charge >= 0.3 is 0 Å². The number of nitrogens with zero attached hydrogens (tertiary/aromatic N) is 1. The quantitative estimate of drug-likeness (QED) is 0.803. The van der Waals surface area contributed by atoms with Crippen molar-refractivity contribution in [1.82, 2.24) is 0 Å². The van der Waals surface area contributed by atoms with Crippen molar-refractivity contribution in [3.05, 3.63) is 48.3 Å². The van der Waals surface area contributed by atoms with Crippen LogP contribution in [-0.4, -0.2) is 14.1 Å². The molecule has 0 saturated heterocycles. The number of nitrogens with two attached hydrogens (primary N) is 1. The predicted octanol–water partition coefficient (Wildman–Crippen LogP) is 3.14. The Morgan fingerprint density at radius 2 is 1.65 bits per heavy atom. The lowest BCUT2D eigenvalue weighted by Crippen LogP contribution is -2.07. The fourth-order valence-corrected chi connectivity index (χ4v) is 1.72. The number of hydrogen-bond acceptors (Lipinski definition) is 2. The minimum atomic E-state index is -0.272. The van der Waals surface area contributed by atoms with Crippen LogP contribution in [0.25, 0.3) is 11.1 Å². The van der Waals surface area contributed by atoms with E-state index in [0.717, 1.165) is 16.8 Å². The first-order valence-corrected chi connectivity index (χ1v) is 5.41. The smallest absolute Gasteiger partial charge is 0.123 e. The van der Waals surface area contributed by atoms with Crippen LogP contribution in [0.3, 0.4) is 0 Å². The van der Waals surface area contributed by atoms with Crippen molar-refractivity contribution in [2.75, 3.05) is 24.7 Å². The molecule has 0 amide bonds. The number of halogens is 1. The van der Waals surface area contributed by atoms with E-state index >= 15 is 0 Å². The van der Waals surface area contributed by atoms with Crippen molar-refractivity contribution >= 4 is 11.4 Å². The fraction of sp³-hybridized carbons (Fsp3) is 0.143. The van der Waals surface area contributed by atoms with Crippen LogP contribution in [0.2, 0.25) is 0 Å². The van der Waals surface area contributed by atoms with Gasteiger partial charge in [-0.2, -0.15) is 0 Å². The van der Waals surface area contributed by atoms with Crippen LogP contribution >= 0.6 is 0 Å². The first kappa shape index (κ1) is 11.5. The third-order valence-electron chi connectivity index (χ3n) is 2.71. The molecule has 2 aromatic carbocycles. The highest BCUT2D eigenvalue weighted by atomic mass is 19.1. The van der Waals surface area contributed by atoms with Crippen molar-refractivity contribution in [2.24, 2.45) is 0 Å². The Labute approximate surface area is 100 Å². The van der Waals surface area contributed by atoms with Gasteiger partial charge in [0.25, 0.3) is 0 Å². The van der Waals surface area contributed by atoms with Crippen molar-refractivity contribution in [3.8, 4) is 11.1 Å². The predicted molar refractivity (Wildman–Crippen MR) is 70.6 cm³/mol. The first-order chi connectivity index (χ1) is 8.08. The summed E-state index contributed by atoms with van der Waals surface area (Å²) in [4.78, 5) is 2.01. The highest BCUT2D eigenvalue weighted by molar-refractivity contribution is 5.77. The maximum Gasteiger partial charge on any atom is 0.123 e. The average Bonchev–Trinajstić information content (AvgIpc) is 2.32. The number of anilines is 2. The SMILES string of the molecule is CN(C)c1ccc(-c2cc(F)ccc2N)cc1. The largest absolute Gasteiger partial charge is 0.398 e. The molecular weight excluding hydrogens is 215 g/mol. The monoisotopic (exact) mass is 230 g/mol. The van der Waals surface area contributed by atoms with Gasteiger partial charge in [0, 0.05) is 31.0 Å². The van der Waals surface area contributed by atoms with E-state index < -0.39 is 0 Å². The maximum atomic E-state index is 13.2. The molecule has 17 heavy (non-hydrogen) atoms. The zero-order valence-electron chi connectivity index (χ0n) is 9.94. The third kappa shape index (κ3) is 2.38. The van der Waals surface area contributed by atoms with E-state index in [-0.39, 0.29) is 5.82 Å². The standard InChI is InChI=1S/C14H15FN2/c1-17(2)12-6-3-10(4-7-12)13-9-11(15)5-8-14(13)16/h3-9H,16H2,1-2H3. The molecule has 0 radical (unpaired) electrons. The van der Waals surface area contributed by atoms with Gasteiger partial charge in [-0.05, 0) is 35.9 Å². The van der Waals surface area contributed by atoms with Crippen molar-refractivity contribution in [2.45, 2.75) is 0 Å². The van der Waals surface area contributed by atoms with Gasteiger partial charge in [0.2, 0.25) is 0 Å². The molecule has 0 aliphatic carbocycles. The Bertz CT molecular complexity index is 518. The van der Waals surface area contributed by atoms with Gasteiger partial charge in [0.1, 0.15) is 5.82 Å². The lowest BCUT2D eigenvalue weighted by molar-refractivity contribution is 0.628. The van der Waals surface area contributed by atoms with Crippen LogP contribution in [0.15, 0.2) is 42.5 Å². The van der Waals surface area contributed by atoms with E-state index in [0.29, 0.717) is 5.69 Å². The molecule has 3 heteroatoms. The minimum absolute atomic E-state index is 0.272. The second kappa shape index (κ2) is 4.45. The molecule has 0 bridgehead atoms. The molecule has 0 fully saturated rings. The number of hydrogen-bond donors (Lipinski definition) is 1. The molecule has 0 aliphatic rings. The van der Waals surface area contributed by atoms with Crippen LogP contribution < -0.4 is 10.6 Å². The molecule has 0 aromatic heterocycles. The summed E-state index contributed by atoms with van der Waals surface area (Å²) in [5.74, 6) is -0.272. The van der Waals surface area contributed by atoms with Gasteiger partial charge in [-0.15, -0.1) is 0 Å². The van der Waals surface area contributed by atoms with Crippen LogP contribution in [-0.2, 0) is 0 Å². The van der Waals surface area contributed by atoms with E-state index in [1.807, 2.05) is 43.3 Å². The Balaban J connectivity index is 2.43. The van der Waals surface area contributed by atoms with Gasteiger partial charge in [-0.3, -0.25) is 0 Å². The summed E-state index contributed by atoms with van der Waals surface area (Å²) < 4.78 is 13.2. The van der Waals surface area contributed by atoms with E-state index in [2.05, 4.69) is 0 Å². The Kier molecular flexibility index (Phi) is 3.00. The average molecular weight is 230 g/mol. The molecule has 88 valence electrons. The van der Waals surface area contributed by atoms with Gasteiger partial charge in [0.15, 0.2) is 0 Å². The second-order valence-electron chi connectivity index (χ2n) is 4.17. The molecule has 0 aliphatic heterocycles. The summed E-state index contributed by atoms with van der Waals surface area (Å²) in [6.07, 6.45) is 0. The van der Waals surface area contributed by atoms with E-state index in [4.69, 9.17) is 5.73 Å². The molecule has 0 unspecified atom stereocenters. The summed E-state index contributed by atoms with van der Waals surface area (Å²) in [5, 5.41) is 0. The summed E-state index contributed by atoms with van der Waals surface area (Å²) in [6, 6.07) is 12.3. The third-order valence-corrected chi connectivity index (χ3v) is 2.71. The number of nitrogen functional groups attached to an aromatic ring is 1. The lowest BCUT2D eigenvalue weighted by atomic mass is 10.0. The molecule has 0 heterocycles. The molecule has 2 nitrogen and oxygen atoms in total. The van der Waals surface area contributed by atoms with E-state index in [1.165, 1.54) is 12.1 Å². The highest BCUT2D eigenvalue weighted by Crippen LogP contribution is 2.28. The lowest BCUT2D eigenvalue weighted by Gasteiger charge is -2.13.